The molecule has 2 aromatic carbocycles. The van der Waals surface area contributed by atoms with Gasteiger partial charge in [-0.2, -0.15) is 0 Å². The van der Waals surface area contributed by atoms with Gasteiger partial charge < -0.3 is 19.8 Å². The second-order valence-electron chi connectivity index (χ2n) is 6.07. The highest BCUT2D eigenvalue weighted by molar-refractivity contribution is 9.10. The van der Waals surface area contributed by atoms with Crippen LogP contribution in [0.5, 0.6) is 11.5 Å². The lowest BCUT2D eigenvalue weighted by atomic mass is 9.93. The van der Waals surface area contributed by atoms with Crippen molar-refractivity contribution in [3.8, 4) is 11.5 Å². The maximum absolute atomic E-state index is 5.64. The number of aromatic amines is 1. The molecule has 0 radical (unpaired) electrons. The molecule has 0 spiro atoms. The molecule has 1 aliphatic rings. The van der Waals surface area contributed by atoms with E-state index in [2.05, 4.69) is 66.4 Å². The van der Waals surface area contributed by atoms with E-state index in [1.165, 1.54) is 16.6 Å². The Kier molecular flexibility index (Phi) is 4.52. The number of nitrogens with one attached hydrogen (secondary N) is 2. The minimum absolute atomic E-state index is 0.0482. The molecule has 0 aliphatic carbocycles. The number of rotatable bonds is 3. The first kappa shape index (κ1) is 16.9. The number of benzene rings is 2. The highest BCUT2D eigenvalue weighted by Gasteiger charge is 2.28. The van der Waals surface area contributed by atoms with E-state index >= 15 is 0 Å². The number of aromatic nitrogens is 1. The molecule has 6 heteroatoms. The molecule has 1 unspecified atom stereocenters. The lowest BCUT2D eigenvalue weighted by Crippen LogP contribution is -2.30. The first-order chi connectivity index (χ1) is 12.1. The summed E-state index contributed by atoms with van der Waals surface area (Å²) < 4.78 is 13.1. The summed E-state index contributed by atoms with van der Waals surface area (Å²) in [6.45, 7) is 0.921. The summed E-state index contributed by atoms with van der Waals surface area (Å²) in [7, 11) is 3.35. The van der Waals surface area contributed by atoms with Crippen molar-refractivity contribution in [3.63, 3.8) is 0 Å². The van der Waals surface area contributed by atoms with Gasteiger partial charge in [-0.15, -0.1) is 0 Å². The van der Waals surface area contributed by atoms with E-state index in [1.807, 2.05) is 6.07 Å². The summed E-state index contributed by atoms with van der Waals surface area (Å²) in [5, 5.41) is 4.90. The van der Waals surface area contributed by atoms with E-state index < -0.39 is 0 Å². The Bertz CT molecular complexity index is 952. The van der Waals surface area contributed by atoms with E-state index in [1.54, 1.807) is 14.2 Å². The summed E-state index contributed by atoms with van der Waals surface area (Å²) in [6, 6.07) is 10.4. The number of halogens is 2. The molecule has 0 saturated heterocycles. The zero-order valence-electron chi connectivity index (χ0n) is 14.0. The average molecular weight is 466 g/mol. The van der Waals surface area contributed by atoms with E-state index in [9.17, 15) is 0 Å². The van der Waals surface area contributed by atoms with Gasteiger partial charge in [0.15, 0.2) is 0 Å². The average Bonchev–Trinajstić information content (AvgIpc) is 2.99. The van der Waals surface area contributed by atoms with E-state index in [0.717, 1.165) is 44.5 Å². The van der Waals surface area contributed by atoms with Gasteiger partial charge in [-0.3, -0.25) is 0 Å². The van der Waals surface area contributed by atoms with E-state index in [4.69, 9.17) is 9.47 Å². The second kappa shape index (κ2) is 6.67. The standard InChI is InChI=1S/C19H18Br2N2O2/c1-24-16-9-17(25-2)14(21)8-13(16)18-19-11(5-6-22-18)12-7-10(20)3-4-15(12)23-19/h3-4,7-9,18,22-23H,5-6H2,1-2H3. The topological polar surface area (TPSA) is 46.3 Å². The van der Waals surface area contributed by atoms with Gasteiger partial charge >= 0.3 is 0 Å². The molecule has 2 heterocycles. The molecular weight excluding hydrogens is 448 g/mol. The predicted octanol–water partition coefficient (Wildman–Crippen LogP) is 4.95. The van der Waals surface area contributed by atoms with Crippen LogP contribution < -0.4 is 14.8 Å². The van der Waals surface area contributed by atoms with Crippen LogP contribution in [0.15, 0.2) is 39.3 Å². The fraction of sp³-hybridized carbons (Fsp3) is 0.263. The van der Waals surface area contributed by atoms with Crippen molar-refractivity contribution in [1.82, 2.24) is 10.3 Å². The van der Waals surface area contributed by atoms with Crippen LogP contribution >= 0.6 is 31.9 Å². The van der Waals surface area contributed by atoms with Gasteiger partial charge in [0.05, 0.1) is 24.7 Å². The molecule has 2 N–H and O–H groups in total. The lowest BCUT2D eigenvalue weighted by molar-refractivity contribution is 0.384. The molecule has 130 valence electrons. The fourth-order valence-corrected chi connectivity index (χ4v) is 4.46. The monoisotopic (exact) mass is 464 g/mol. The lowest BCUT2D eigenvalue weighted by Gasteiger charge is -2.26. The number of ether oxygens (including phenoxy) is 2. The normalized spacial score (nSPS) is 16.7. The van der Waals surface area contributed by atoms with Crippen LogP contribution in [0.2, 0.25) is 0 Å². The predicted molar refractivity (Wildman–Crippen MR) is 107 cm³/mol. The summed E-state index contributed by atoms with van der Waals surface area (Å²) >= 11 is 7.18. The van der Waals surface area contributed by atoms with Crippen LogP contribution in [-0.2, 0) is 6.42 Å². The molecule has 25 heavy (non-hydrogen) atoms. The van der Waals surface area contributed by atoms with Crippen LogP contribution in [0.1, 0.15) is 22.9 Å². The Balaban J connectivity index is 1.89. The van der Waals surface area contributed by atoms with Gasteiger partial charge in [0, 0.05) is 39.2 Å². The first-order valence-electron chi connectivity index (χ1n) is 8.07. The van der Waals surface area contributed by atoms with Gasteiger partial charge in [0.2, 0.25) is 0 Å². The maximum Gasteiger partial charge on any atom is 0.136 e. The maximum atomic E-state index is 5.64. The van der Waals surface area contributed by atoms with Crippen molar-refractivity contribution in [2.75, 3.05) is 20.8 Å². The zero-order chi connectivity index (χ0) is 17.6. The van der Waals surface area contributed by atoms with Crippen LogP contribution in [0, 0.1) is 0 Å². The zero-order valence-corrected chi connectivity index (χ0v) is 17.1. The molecule has 0 fully saturated rings. The molecule has 1 aliphatic heterocycles. The minimum atomic E-state index is 0.0482. The number of methoxy groups -OCH3 is 2. The third-order valence-electron chi connectivity index (χ3n) is 4.73. The van der Waals surface area contributed by atoms with E-state index in [0.29, 0.717) is 0 Å². The van der Waals surface area contributed by atoms with Crippen molar-refractivity contribution in [3.05, 3.63) is 56.1 Å². The first-order valence-corrected chi connectivity index (χ1v) is 9.65. The smallest absolute Gasteiger partial charge is 0.136 e. The molecule has 3 aromatic rings. The fourth-order valence-electron chi connectivity index (χ4n) is 3.57. The number of hydrogen-bond donors (Lipinski definition) is 2. The minimum Gasteiger partial charge on any atom is -0.496 e. The van der Waals surface area contributed by atoms with Gasteiger partial charge in [0.25, 0.3) is 0 Å². The van der Waals surface area contributed by atoms with Crippen LogP contribution in [0.25, 0.3) is 10.9 Å². The third-order valence-corrected chi connectivity index (χ3v) is 5.84. The van der Waals surface area contributed by atoms with Crippen molar-refractivity contribution < 1.29 is 9.47 Å². The highest BCUT2D eigenvalue weighted by Crippen LogP contribution is 2.41. The van der Waals surface area contributed by atoms with Gasteiger partial charge in [-0.1, -0.05) is 15.9 Å². The number of H-pyrrole nitrogens is 1. The molecule has 1 aromatic heterocycles. The van der Waals surface area contributed by atoms with Crippen molar-refractivity contribution in [2.45, 2.75) is 12.5 Å². The molecule has 4 nitrogen and oxygen atoms in total. The number of hydrogen-bond acceptors (Lipinski definition) is 3. The second-order valence-corrected chi connectivity index (χ2v) is 7.84. The summed E-state index contributed by atoms with van der Waals surface area (Å²) in [6.07, 6.45) is 1.00. The van der Waals surface area contributed by atoms with Crippen molar-refractivity contribution in [1.29, 1.82) is 0 Å². The van der Waals surface area contributed by atoms with E-state index in [-0.39, 0.29) is 6.04 Å². The molecular formula is C19H18Br2N2O2. The Hall–Kier alpha value is -1.50. The largest absolute Gasteiger partial charge is 0.496 e. The summed E-state index contributed by atoms with van der Waals surface area (Å²) in [5.41, 5.74) is 4.82. The Labute approximate surface area is 163 Å². The van der Waals surface area contributed by atoms with Gasteiger partial charge in [-0.05, 0) is 52.2 Å². The molecule has 0 saturated carbocycles. The number of fused-ring (bicyclic) bond motifs is 3. The quantitative estimate of drug-likeness (QED) is 0.575. The van der Waals surface area contributed by atoms with Crippen molar-refractivity contribution in [2.24, 2.45) is 0 Å². The molecule has 4 rings (SSSR count). The third kappa shape index (κ3) is 2.86. The molecule has 0 amide bonds. The van der Waals surface area contributed by atoms with Crippen LogP contribution in [0.4, 0.5) is 0 Å². The van der Waals surface area contributed by atoms with Crippen molar-refractivity contribution >= 4 is 42.8 Å². The Morgan fingerprint density at radius 2 is 1.84 bits per heavy atom. The van der Waals surface area contributed by atoms with Crippen LogP contribution in [-0.4, -0.2) is 25.7 Å². The molecule has 0 bridgehead atoms. The molecule has 1 atom stereocenters. The highest BCUT2D eigenvalue weighted by atomic mass is 79.9. The Morgan fingerprint density at radius 1 is 1.04 bits per heavy atom. The Morgan fingerprint density at radius 3 is 2.60 bits per heavy atom. The van der Waals surface area contributed by atoms with Gasteiger partial charge in [-0.25, -0.2) is 0 Å². The van der Waals surface area contributed by atoms with Gasteiger partial charge in [0.1, 0.15) is 11.5 Å². The summed E-state index contributed by atoms with van der Waals surface area (Å²) in [4.78, 5) is 3.61. The SMILES string of the molecule is COc1cc(OC)c(C2NCCc3c2[nH]c2ccc(Br)cc32)cc1Br. The van der Waals surface area contributed by atoms with Crippen LogP contribution in [0.3, 0.4) is 0 Å². The summed E-state index contributed by atoms with van der Waals surface area (Å²) in [5.74, 6) is 1.57.